The third-order valence-electron chi connectivity index (χ3n) is 5.00. The van der Waals surface area contributed by atoms with E-state index < -0.39 is 5.41 Å². The van der Waals surface area contributed by atoms with E-state index in [0.29, 0.717) is 18.7 Å². The highest BCUT2D eigenvalue weighted by Crippen LogP contribution is 2.32. The van der Waals surface area contributed by atoms with E-state index in [4.69, 9.17) is 9.47 Å². The third kappa shape index (κ3) is 3.87. The minimum Gasteiger partial charge on any atom is -0.462 e. The molecule has 4 nitrogen and oxygen atoms in total. The topological polar surface area (TPSA) is 47.6 Å². The number of hydrogen-bond donors (Lipinski definition) is 1. The Bertz CT molecular complexity index is 512. The molecule has 0 amide bonds. The second-order valence-corrected chi connectivity index (χ2v) is 6.77. The summed E-state index contributed by atoms with van der Waals surface area (Å²) < 4.78 is 11.2. The molecule has 1 unspecified atom stereocenters. The fourth-order valence-corrected chi connectivity index (χ4v) is 3.74. The van der Waals surface area contributed by atoms with Crippen LogP contribution < -0.4 is 5.32 Å². The Kier molecular flexibility index (Phi) is 6.06. The van der Waals surface area contributed by atoms with Gasteiger partial charge in [-0.1, -0.05) is 30.3 Å². The number of nitrogens with one attached hydrogen (secondary N) is 1. The van der Waals surface area contributed by atoms with Gasteiger partial charge in [0.1, 0.15) is 11.5 Å². The predicted molar refractivity (Wildman–Crippen MR) is 92.0 cm³/mol. The van der Waals surface area contributed by atoms with Gasteiger partial charge in [-0.15, -0.1) is 12.4 Å². The molecule has 0 radical (unpaired) electrons. The first-order chi connectivity index (χ1) is 10.6. The number of carbonyl (C=O) groups is 1. The van der Waals surface area contributed by atoms with Gasteiger partial charge < -0.3 is 14.8 Å². The summed E-state index contributed by atoms with van der Waals surface area (Å²) in [5.41, 5.74) is 0.193. The highest BCUT2D eigenvalue weighted by Gasteiger charge is 2.41. The van der Waals surface area contributed by atoms with Crippen molar-refractivity contribution >= 4 is 18.4 Å². The summed E-state index contributed by atoms with van der Waals surface area (Å²) in [7, 11) is 1.62. The lowest BCUT2D eigenvalue weighted by molar-refractivity contribution is -0.159. The van der Waals surface area contributed by atoms with Crippen LogP contribution in [0.3, 0.4) is 0 Å². The molecule has 0 aromatic heterocycles. The molecule has 2 fully saturated rings. The number of methoxy groups -OCH3 is 1. The number of halogens is 1. The molecule has 1 N–H and O–H groups in total. The Morgan fingerprint density at radius 2 is 1.83 bits per heavy atom. The monoisotopic (exact) mass is 339 g/mol. The first-order valence-corrected chi connectivity index (χ1v) is 8.13. The fraction of sp³-hybridized carbons (Fsp3) is 0.611. The summed E-state index contributed by atoms with van der Waals surface area (Å²) in [5.74, 6) is -0.174. The zero-order valence-corrected chi connectivity index (χ0v) is 14.6. The summed E-state index contributed by atoms with van der Waals surface area (Å²) >= 11 is 0. The Hall–Kier alpha value is -1.10. The molecule has 0 spiro atoms. The Morgan fingerprint density at radius 3 is 2.39 bits per heavy atom. The van der Waals surface area contributed by atoms with Crippen molar-refractivity contribution < 1.29 is 14.3 Å². The lowest BCUT2D eigenvalue weighted by atomic mass is 9.83. The van der Waals surface area contributed by atoms with E-state index in [1.807, 2.05) is 37.3 Å². The Labute approximate surface area is 144 Å². The SMILES string of the molecule is COCC(C)(C(=O)O[C@@H]1C[C@H]2CC[C@@H](C1)N2)c1ccccc1.Cl. The quantitative estimate of drug-likeness (QED) is 0.838. The van der Waals surface area contributed by atoms with Crippen LogP contribution in [0, 0.1) is 0 Å². The van der Waals surface area contributed by atoms with Gasteiger partial charge in [0.2, 0.25) is 0 Å². The molecule has 2 heterocycles. The van der Waals surface area contributed by atoms with Crippen LogP contribution >= 0.6 is 12.4 Å². The van der Waals surface area contributed by atoms with Gasteiger partial charge in [0.15, 0.2) is 0 Å². The highest BCUT2D eigenvalue weighted by molar-refractivity contribution is 5.85. The minimum absolute atomic E-state index is 0. The van der Waals surface area contributed by atoms with Crippen molar-refractivity contribution in [1.82, 2.24) is 5.32 Å². The number of esters is 1. The molecule has 2 aliphatic rings. The van der Waals surface area contributed by atoms with Crippen LogP contribution in [0.5, 0.6) is 0 Å². The van der Waals surface area contributed by atoms with Crippen LogP contribution in [-0.2, 0) is 19.7 Å². The standard InChI is InChI=1S/C18H25NO3.ClH/c1-18(12-21-2,13-6-4-3-5-7-13)17(20)22-16-10-14-8-9-15(11-16)19-14;/h3-7,14-16,19H,8-12H2,1-2H3;1H/t14-,15+,16-,18?;. The zero-order valence-electron chi connectivity index (χ0n) is 13.8. The molecule has 2 saturated heterocycles. The maximum atomic E-state index is 12.8. The normalized spacial score (nSPS) is 28.5. The zero-order chi connectivity index (χ0) is 15.6. The summed E-state index contributed by atoms with van der Waals surface area (Å²) in [6.07, 6.45) is 4.30. The van der Waals surface area contributed by atoms with E-state index >= 15 is 0 Å². The van der Waals surface area contributed by atoms with Crippen LogP contribution in [0.1, 0.15) is 38.2 Å². The molecule has 1 aromatic carbocycles. The number of rotatable bonds is 5. The van der Waals surface area contributed by atoms with Crippen LogP contribution in [0.25, 0.3) is 0 Å². The molecule has 3 rings (SSSR count). The van der Waals surface area contributed by atoms with Crippen molar-refractivity contribution in [2.45, 2.75) is 56.2 Å². The largest absolute Gasteiger partial charge is 0.462 e. The number of hydrogen-bond acceptors (Lipinski definition) is 4. The van der Waals surface area contributed by atoms with Crippen molar-refractivity contribution in [3.63, 3.8) is 0 Å². The smallest absolute Gasteiger partial charge is 0.318 e. The maximum absolute atomic E-state index is 12.8. The van der Waals surface area contributed by atoms with Gasteiger partial charge in [0.25, 0.3) is 0 Å². The Morgan fingerprint density at radius 1 is 1.22 bits per heavy atom. The molecule has 5 heteroatoms. The van der Waals surface area contributed by atoms with E-state index in [9.17, 15) is 4.79 Å². The molecule has 2 aliphatic heterocycles. The molecule has 23 heavy (non-hydrogen) atoms. The predicted octanol–water partition coefficient (Wildman–Crippen LogP) is 2.84. The maximum Gasteiger partial charge on any atom is 0.318 e. The molecule has 0 aliphatic carbocycles. The molecule has 128 valence electrons. The summed E-state index contributed by atoms with van der Waals surface area (Å²) in [5, 5.41) is 3.57. The average molecular weight is 340 g/mol. The van der Waals surface area contributed by atoms with Crippen molar-refractivity contribution in [3.8, 4) is 0 Å². The van der Waals surface area contributed by atoms with Gasteiger partial charge in [-0.05, 0) is 38.2 Å². The van der Waals surface area contributed by atoms with Gasteiger partial charge in [-0.2, -0.15) is 0 Å². The number of piperidine rings is 1. The number of ether oxygens (including phenoxy) is 2. The van der Waals surface area contributed by atoms with E-state index in [0.717, 1.165) is 18.4 Å². The van der Waals surface area contributed by atoms with E-state index in [1.165, 1.54) is 12.8 Å². The minimum atomic E-state index is -0.750. The molecule has 4 atom stereocenters. The van der Waals surface area contributed by atoms with Gasteiger partial charge in [-0.25, -0.2) is 0 Å². The third-order valence-corrected chi connectivity index (χ3v) is 5.00. The van der Waals surface area contributed by atoms with Gasteiger partial charge in [-0.3, -0.25) is 4.79 Å². The van der Waals surface area contributed by atoms with Gasteiger partial charge in [0.05, 0.1) is 6.61 Å². The number of benzene rings is 1. The average Bonchev–Trinajstić information content (AvgIpc) is 2.87. The van der Waals surface area contributed by atoms with Crippen LogP contribution in [0.2, 0.25) is 0 Å². The Balaban J connectivity index is 0.00000192. The fourth-order valence-electron chi connectivity index (χ4n) is 3.74. The van der Waals surface area contributed by atoms with E-state index in [-0.39, 0.29) is 24.5 Å². The summed E-state index contributed by atoms with van der Waals surface area (Å²) in [6, 6.07) is 10.8. The molecule has 0 saturated carbocycles. The first-order valence-electron chi connectivity index (χ1n) is 8.13. The van der Waals surface area contributed by atoms with Crippen molar-refractivity contribution in [1.29, 1.82) is 0 Å². The molecule has 2 bridgehead atoms. The van der Waals surface area contributed by atoms with Crippen LogP contribution in [0.4, 0.5) is 0 Å². The highest BCUT2D eigenvalue weighted by atomic mass is 35.5. The van der Waals surface area contributed by atoms with Crippen LogP contribution in [-0.4, -0.2) is 37.9 Å². The van der Waals surface area contributed by atoms with Crippen molar-refractivity contribution in [2.24, 2.45) is 0 Å². The molecule has 1 aromatic rings. The number of fused-ring (bicyclic) bond motifs is 2. The van der Waals surface area contributed by atoms with Crippen molar-refractivity contribution in [2.75, 3.05) is 13.7 Å². The lowest BCUT2D eigenvalue weighted by Gasteiger charge is -2.33. The molecular formula is C18H26ClNO3. The number of carbonyl (C=O) groups excluding carboxylic acids is 1. The second kappa shape index (κ2) is 7.65. The van der Waals surface area contributed by atoms with E-state index in [1.54, 1.807) is 7.11 Å². The van der Waals surface area contributed by atoms with Crippen molar-refractivity contribution in [3.05, 3.63) is 35.9 Å². The van der Waals surface area contributed by atoms with Crippen LogP contribution in [0.15, 0.2) is 30.3 Å². The lowest BCUT2D eigenvalue weighted by Crippen LogP contribution is -2.46. The van der Waals surface area contributed by atoms with Gasteiger partial charge in [0, 0.05) is 19.2 Å². The van der Waals surface area contributed by atoms with E-state index in [2.05, 4.69) is 5.32 Å². The summed E-state index contributed by atoms with van der Waals surface area (Å²) in [4.78, 5) is 12.8. The first kappa shape index (κ1) is 18.2. The van der Waals surface area contributed by atoms with Gasteiger partial charge >= 0.3 is 5.97 Å². The second-order valence-electron chi connectivity index (χ2n) is 6.77. The molecular weight excluding hydrogens is 314 g/mol. The summed E-state index contributed by atoms with van der Waals surface area (Å²) in [6.45, 7) is 2.23.